The van der Waals surface area contributed by atoms with E-state index in [9.17, 15) is 9.59 Å². The maximum atomic E-state index is 12.5. The number of aromatic amines is 1. The van der Waals surface area contributed by atoms with E-state index in [1.165, 1.54) is 0 Å². The topological polar surface area (TPSA) is 84.3 Å². The van der Waals surface area contributed by atoms with E-state index in [4.69, 9.17) is 9.15 Å². The van der Waals surface area contributed by atoms with Gasteiger partial charge in [-0.05, 0) is 50.6 Å². The van der Waals surface area contributed by atoms with Crippen molar-refractivity contribution < 1.29 is 13.9 Å². The molecular weight excluding hydrogens is 320 g/mol. The van der Waals surface area contributed by atoms with Crippen LogP contribution in [0.3, 0.4) is 0 Å². The number of ether oxygens (including phenoxy) is 1. The average molecular weight is 340 g/mol. The van der Waals surface area contributed by atoms with Gasteiger partial charge in [0.25, 0.3) is 11.5 Å². The summed E-state index contributed by atoms with van der Waals surface area (Å²) in [4.78, 5) is 27.3. The van der Waals surface area contributed by atoms with E-state index in [0.717, 1.165) is 22.2 Å². The molecule has 2 N–H and O–H groups in total. The second-order valence-corrected chi connectivity index (χ2v) is 6.04. The summed E-state index contributed by atoms with van der Waals surface area (Å²) in [5.41, 5.74) is 3.33. The molecule has 6 nitrogen and oxygen atoms in total. The number of carbonyl (C=O) groups is 1. The lowest BCUT2D eigenvalue weighted by molar-refractivity contribution is 0.0924. The number of rotatable bonds is 4. The van der Waals surface area contributed by atoms with E-state index in [1.54, 1.807) is 19.2 Å². The number of furan rings is 1. The molecule has 0 fully saturated rings. The predicted octanol–water partition coefficient (Wildman–Crippen LogP) is 2.98. The number of methoxy groups -OCH3 is 1. The van der Waals surface area contributed by atoms with Gasteiger partial charge >= 0.3 is 0 Å². The van der Waals surface area contributed by atoms with Crippen molar-refractivity contribution in [2.45, 2.75) is 27.3 Å². The molecule has 1 aromatic carbocycles. The van der Waals surface area contributed by atoms with E-state index in [0.29, 0.717) is 16.9 Å². The number of hydrogen-bond acceptors (Lipinski definition) is 4. The van der Waals surface area contributed by atoms with Gasteiger partial charge in [0, 0.05) is 28.8 Å². The van der Waals surface area contributed by atoms with Gasteiger partial charge in [0.05, 0.1) is 7.11 Å². The Balaban J connectivity index is 1.86. The highest BCUT2D eigenvalue weighted by atomic mass is 16.5. The normalized spacial score (nSPS) is 10.9. The SMILES string of the molecule is COc1ccc2oc(C(=O)NCc3c(C)cc(C)[nH]c3=O)c(C)c2c1. The van der Waals surface area contributed by atoms with Crippen molar-refractivity contribution in [1.82, 2.24) is 10.3 Å². The Kier molecular flexibility index (Phi) is 4.35. The van der Waals surface area contributed by atoms with Gasteiger partial charge in [0.1, 0.15) is 11.3 Å². The van der Waals surface area contributed by atoms with Crippen LogP contribution in [0.25, 0.3) is 11.0 Å². The molecule has 0 aliphatic rings. The third-order valence-corrected chi connectivity index (χ3v) is 4.27. The maximum absolute atomic E-state index is 12.5. The van der Waals surface area contributed by atoms with Gasteiger partial charge in [-0.15, -0.1) is 0 Å². The molecule has 0 atom stereocenters. The fraction of sp³-hybridized carbons (Fsp3) is 0.263. The van der Waals surface area contributed by atoms with Crippen molar-refractivity contribution in [3.8, 4) is 5.75 Å². The zero-order valence-corrected chi connectivity index (χ0v) is 14.6. The molecule has 0 bridgehead atoms. The van der Waals surface area contributed by atoms with Crippen molar-refractivity contribution in [3.63, 3.8) is 0 Å². The summed E-state index contributed by atoms with van der Waals surface area (Å²) in [6.45, 7) is 5.63. The van der Waals surface area contributed by atoms with Gasteiger partial charge in [0.15, 0.2) is 5.76 Å². The molecule has 130 valence electrons. The Bertz CT molecular complexity index is 1010. The molecule has 0 saturated heterocycles. The standard InChI is InChI=1S/C19H20N2O4/c1-10-7-11(2)21-18(22)15(10)9-20-19(23)17-12(3)14-8-13(24-4)5-6-16(14)25-17/h5-8H,9H2,1-4H3,(H,20,23)(H,21,22). The first-order valence-corrected chi connectivity index (χ1v) is 7.95. The summed E-state index contributed by atoms with van der Waals surface area (Å²) in [5, 5.41) is 3.59. The molecule has 6 heteroatoms. The van der Waals surface area contributed by atoms with Gasteiger partial charge < -0.3 is 19.5 Å². The zero-order valence-electron chi connectivity index (χ0n) is 14.6. The highest BCUT2D eigenvalue weighted by Crippen LogP contribution is 2.28. The number of aryl methyl sites for hydroxylation is 3. The summed E-state index contributed by atoms with van der Waals surface area (Å²) in [5.74, 6) is 0.585. The van der Waals surface area contributed by atoms with Crippen molar-refractivity contribution in [2.75, 3.05) is 7.11 Å². The lowest BCUT2D eigenvalue weighted by Gasteiger charge is -2.07. The molecule has 2 heterocycles. The highest BCUT2D eigenvalue weighted by molar-refractivity contribution is 5.99. The van der Waals surface area contributed by atoms with Gasteiger partial charge in [0.2, 0.25) is 0 Å². The highest BCUT2D eigenvalue weighted by Gasteiger charge is 2.18. The number of nitrogens with one attached hydrogen (secondary N) is 2. The van der Waals surface area contributed by atoms with Crippen LogP contribution < -0.4 is 15.6 Å². The Labute approximate surface area is 144 Å². The summed E-state index contributed by atoms with van der Waals surface area (Å²) in [6.07, 6.45) is 0. The van der Waals surface area contributed by atoms with E-state index in [2.05, 4.69) is 10.3 Å². The van der Waals surface area contributed by atoms with E-state index in [1.807, 2.05) is 32.9 Å². The van der Waals surface area contributed by atoms with Crippen molar-refractivity contribution in [1.29, 1.82) is 0 Å². The van der Waals surface area contributed by atoms with E-state index >= 15 is 0 Å². The summed E-state index contributed by atoms with van der Waals surface area (Å²) in [6, 6.07) is 7.26. The number of hydrogen-bond donors (Lipinski definition) is 2. The quantitative estimate of drug-likeness (QED) is 0.765. The first-order valence-electron chi connectivity index (χ1n) is 7.95. The number of aromatic nitrogens is 1. The van der Waals surface area contributed by atoms with Crippen LogP contribution in [-0.2, 0) is 6.54 Å². The molecule has 0 spiro atoms. The third kappa shape index (κ3) is 3.15. The molecule has 0 radical (unpaired) electrons. The van der Waals surface area contributed by atoms with Gasteiger partial charge in [-0.25, -0.2) is 0 Å². The first-order chi connectivity index (χ1) is 11.9. The Morgan fingerprint density at radius 2 is 2.00 bits per heavy atom. The van der Waals surface area contributed by atoms with Gasteiger partial charge in [-0.2, -0.15) is 0 Å². The molecule has 0 aliphatic heterocycles. The van der Waals surface area contributed by atoms with Crippen molar-refractivity contribution >= 4 is 16.9 Å². The fourth-order valence-corrected chi connectivity index (χ4v) is 2.89. The number of benzene rings is 1. The number of fused-ring (bicyclic) bond motifs is 1. The van der Waals surface area contributed by atoms with Crippen LogP contribution in [0.15, 0.2) is 33.5 Å². The van der Waals surface area contributed by atoms with Gasteiger partial charge in [-0.1, -0.05) is 0 Å². The number of carbonyl (C=O) groups excluding carboxylic acids is 1. The third-order valence-electron chi connectivity index (χ3n) is 4.27. The predicted molar refractivity (Wildman–Crippen MR) is 95.2 cm³/mol. The lowest BCUT2D eigenvalue weighted by atomic mass is 10.1. The van der Waals surface area contributed by atoms with Crippen molar-refractivity contribution in [2.24, 2.45) is 0 Å². The first kappa shape index (κ1) is 16.8. The zero-order chi connectivity index (χ0) is 18.1. The van der Waals surface area contributed by atoms with Crippen molar-refractivity contribution in [3.05, 3.63) is 62.8 Å². The number of amides is 1. The van der Waals surface area contributed by atoms with Gasteiger partial charge in [-0.3, -0.25) is 9.59 Å². The molecule has 3 aromatic rings. The van der Waals surface area contributed by atoms with Crippen LogP contribution in [0.1, 0.15) is 32.9 Å². The molecular formula is C19H20N2O4. The van der Waals surface area contributed by atoms with Crippen LogP contribution in [0.2, 0.25) is 0 Å². The molecule has 2 aromatic heterocycles. The minimum Gasteiger partial charge on any atom is -0.497 e. The van der Waals surface area contributed by atoms with Crippen LogP contribution in [0.4, 0.5) is 0 Å². The molecule has 0 saturated carbocycles. The smallest absolute Gasteiger partial charge is 0.287 e. The Morgan fingerprint density at radius 1 is 1.24 bits per heavy atom. The minimum absolute atomic E-state index is 0.139. The molecule has 1 amide bonds. The van der Waals surface area contributed by atoms with E-state index in [-0.39, 0.29) is 23.8 Å². The van der Waals surface area contributed by atoms with Crippen LogP contribution in [0, 0.1) is 20.8 Å². The monoisotopic (exact) mass is 340 g/mol. The lowest BCUT2D eigenvalue weighted by Crippen LogP contribution is -2.28. The average Bonchev–Trinajstić information content (AvgIpc) is 2.90. The largest absolute Gasteiger partial charge is 0.497 e. The number of H-pyrrole nitrogens is 1. The van der Waals surface area contributed by atoms with Crippen LogP contribution in [-0.4, -0.2) is 18.0 Å². The molecule has 0 unspecified atom stereocenters. The summed E-state index contributed by atoms with van der Waals surface area (Å²) < 4.78 is 10.9. The molecule has 25 heavy (non-hydrogen) atoms. The number of pyridine rings is 1. The van der Waals surface area contributed by atoms with E-state index < -0.39 is 0 Å². The maximum Gasteiger partial charge on any atom is 0.287 e. The van der Waals surface area contributed by atoms with Crippen LogP contribution >= 0.6 is 0 Å². The second kappa shape index (κ2) is 6.47. The molecule has 3 rings (SSSR count). The Morgan fingerprint density at radius 3 is 2.68 bits per heavy atom. The van der Waals surface area contributed by atoms with Crippen LogP contribution in [0.5, 0.6) is 5.75 Å². The fourth-order valence-electron chi connectivity index (χ4n) is 2.89. The Hall–Kier alpha value is -3.02. The summed E-state index contributed by atoms with van der Waals surface area (Å²) in [7, 11) is 1.59. The second-order valence-electron chi connectivity index (χ2n) is 6.04. The minimum atomic E-state index is -0.355. The summed E-state index contributed by atoms with van der Waals surface area (Å²) >= 11 is 0. The molecule has 0 aliphatic carbocycles.